The third kappa shape index (κ3) is 8.09. The Morgan fingerprint density at radius 1 is 0.821 bits per heavy atom. The van der Waals surface area contributed by atoms with Gasteiger partial charge in [-0.3, -0.25) is 4.79 Å². The van der Waals surface area contributed by atoms with Crippen LogP contribution in [0.1, 0.15) is 26.3 Å². The molecule has 11 N–H and O–H groups in total. The highest BCUT2D eigenvalue weighted by atomic mass is 16.7. The molecule has 3 fully saturated rings. The Labute approximate surface area is 318 Å². The van der Waals surface area contributed by atoms with Crippen LogP contribution >= 0.6 is 0 Å². The highest BCUT2D eigenvalue weighted by Crippen LogP contribution is 2.42. The van der Waals surface area contributed by atoms with Crippen LogP contribution in [0, 0.1) is 0 Å². The Balaban J connectivity index is 1.45. The zero-order valence-corrected chi connectivity index (χ0v) is 30.4. The number of aromatic hydroxyl groups is 2. The lowest BCUT2D eigenvalue weighted by molar-refractivity contribution is -0.336. The van der Waals surface area contributed by atoms with Crippen LogP contribution in [-0.4, -0.2) is 155 Å². The number of hydrogen-bond acceptors (Lipinski definition) is 19. The van der Waals surface area contributed by atoms with E-state index < -0.39 is 122 Å². The van der Waals surface area contributed by atoms with Gasteiger partial charge in [0.15, 0.2) is 12.1 Å². The Bertz CT molecular complexity index is 1930. The first-order valence-electron chi connectivity index (χ1n) is 17.8. The molecule has 6 rings (SSSR count). The van der Waals surface area contributed by atoms with Gasteiger partial charge in [-0.25, -0.2) is 0 Å². The Kier molecular flexibility index (Phi) is 12.6. The molecule has 2 aromatic carbocycles. The molecule has 0 aliphatic carbocycles. The van der Waals surface area contributed by atoms with E-state index in [1.807, 2.05) is 0 Å². The number of rotatable bonds is 10. The lowest BCUT2D eigenvalue weighted by Crippen LogP contribution is -2.62. The van der Waals surface area contributed by atoms with Gasteiger partial charge in [0.25, 0.3) is 0 Å². The minimum atomic E-state index is -1.90. The van der Waals surface area contributed by atoms with Crippen LogP contribution in [0.5, 0.6) is 23.0 Å². The molecule has 1 aromatic heterocycles. The second kappa shape index (κ2) is 16.9. The zero-order valence-electron chi connectivity index (χ0n) is 30.4. The molecule has 0 spiro atoms. The van der Waals surface area contributed by atoms with Gasteiger partial charge in [-0.1, -0.05) is 11.6 Å². The average molecular weight is 795 g/mol. The quantitative estimate of drug-likeness (QED) is 0.101. The van der Waals surface area contributed by atoms with Gasteiger partial charge in [0.05, 0.1) is 19.3 Å². The molecule has 14 atom stereocenters. The monoisotopic (exact) mass is 794 g/mol. The van der Waals surface area contributed by atoms with Crippen LogP contribution in [-0.2, 0) is 25.4 Å². The third-order valence-electron chi connectivity index (χ3n) is 9.86. The maximum Gasteiger partial charge on any atom is 0.239 e. The summed E-state index contributed by atoms with van der Waals surface area (Å²) in [5.74, 6) is -1.93. The van der Waals surface area contributed by atoms with Crippen LogP contribution in [0.25, 0.3) is 22.3 Å². The minimum Gasteiger partial charge on any atom is -0.508 e. The molecule has 19 heteroatoms. The van der Waals surface area contributed by atoms with Gasteiger partial charge in [0.1, 0.15) is 89.3 Å². The minimum absolute atomic E-state index is 0.00369. The van der Waals surface area contributed by atoms with Gasteiger partial charge in [-0.05, 0) is 51.5 Å². The zero-order chi connectivity index (χ0) is 40.7. The Hall–Kier alpha value is -3.93. The molecule has 3 aliphatic rings. The fourth-order valence-corrected chi connectivity index (χ4v) is 6.59. The Morgan fingerprint density at radius 2 is 1.48 bits per heavy atom. The number of phenols is 2. The summed E-state index contributed by atoms with van der Waals surface area (Å²) < 4.78 is 40.6. The summed E-state index contributed by atoms with van der Waals surface area (Å²) in [5.41, 5.74) is -0.111. The number of aliphatic hydroxyl groups is 9. The van der Waals surface area contributed by atoms with Crippen LogP contribution in [0.2, 0.25) is 0 Å². The van der Waals surface area contributed by atoms with Crippen molar-refractivity contribution in [3.63, 3.8) is 0 Å². The summed E-state index contributed by atoms with van der Waals surface area (Å²) in [6, 6.07) is 6.38. The summed E-state index contributed by atoms with van der Waals surface area (Å²) in [6.07, 6.45) is -21.0. The van der Waals surface area contributed by atoms with Crippen molar-refractivity contribution in [1.82, 2.24) is 0 Å². The van der Waals surface area contributed by atoms with Gasteiger partial charge < -0.3 is 89.0 Å². The fraction of sp³-hybridized carbons (Fsp3) is 0.541. The summed E-state index contributed by atoms with van der Waals surface area (Å²) in [5, 5.41) is 115. The molecule has 308 valence electrons. The van der Waals surface area contributed by atoms with Crippen molar-refractivity contribution in [2.45, 2.75) is 113 Å². The van der Waals surface area contributed by atoms with E-state index in [0.29, 0.717) is 0 Å². The van der Waals surface area contributed by atoms with E-state index in [0.717, 1.165) is 11.6 Å². The predicted molar refractivity (Wildman–Crippen MR) is 188 cm³/mol. The van der Waals surface area contributed by atoms with E-state index in [1.54, 1.807) is 19.9 Å². The van der Waals surface area contributed by atoms with E-state index in [-0.39, 0.29) is 40.4 Å². The number of hydrogen-bond donors (Lipinski definition) is 11. The van der Waals surface area contributed by atoms with E-state index in [2.05, 4.69) is 0 Å². The third-order valence-corrected chi connectivity index (χ3v) is 9.86. The molecule has 4 heterocycles. The fourth-order valence-electron chi connectivity index (χ4n) is 6.59. The molecule has 0 bridgehead atoms. The van der Waals surface area contributed by atoms with Gasteiger partial charge in [-0.15, -0.1) is 0 Å². The average Bonchev–Trinajstić information content (AvgIpc) is 3.16. The van der Waals surface area contributed by atoms with Gasteiger partial charge in [-0.2, -0.15) is 0 Å². The van der Waals surface area contributed by atoms with Crippen molar-refractivity contribution in [3.05, 3.63) is 57.8 Å². The molecule has 0 unspecified atom stereocenters. The number of benzene rings is 2. The van der Waals surface area contributed by atoms with Crippen LogP contribution < -0.4 is 14.9 Å². The second-order valence-corrected chi connectivity index (χ2v) is 14.2. The highest BCUT2D eigenvalue weighted by Gasteiger charge is 2.50. The number of phenolic OH excluding ortho intramolecular Hbond substituents is 2. The largest absolute Gasteiger partial charge is 0.508 e. The molecule has 3 aromatic rings. The smallest absolute Gasteiger partial charge is 0.239 e. The molecule has 19 nitrogen and oxygen atoms in total. The lowest BCUT2D eigenvalue weighted by atomic mass is 9.98. The summed E-state index contributed by atoms with van der Waals surface area (Å²) >= 11 is 0. The highest BCUT2D eigenvalue weighted by molar-refractivity contribution is 5.91. The maximum atomic E-state index is 14.5. The van der Waals surface area contributed by atoms with Gasteiger partial charge in [0.2, 0.25) is 23.8 Å². The van der Waals surface area contributed by atoms with E-state index in [1.165, 1.54) is 31.2 Å². The number of fused-ring (bicyclic) bond motifs is 1. The van der Waals surface area contributed by atoms with Crippen LogP contribution in [0.15, 0.2) is 51.2 Å². The van der Waals surface area contributed by atoms with E-state index >= 15 is 0 Å². The van der Waals surface area contributed by atoms with Crippen LogP contribution in [0.3, 0.4) is 0 Å². The van der Waals surface area contributed by atoms with Crippen molar-refractivity contribution in [1.29, 1.82) is 0 Å². The Morgan fingerprint density at radius 3 is 2.14 bits per heavy atom. The molecule has 56 heavy (non-hydrogen) atoms. The maximum absolute atomic E-state index is 14.5. The molecule has 3 aliphatic heterocycles. The van der Waals surface area contributed by atoms with Crippen molar-refractivity contribution in [2.75, 3.05) is 13.2 Å². The molecule has 0 amide bonds. The van der Waals surface area contributed by atoms with Crippen LogP contribution in [0.4, 0.5) is 0 Å². The molecule has 3 saturated heterocycles. The topological polar surface area (TPSA) is 308 Å². The first kappa shape index (κ1) is 41.7. The first-order chi connectivity index (χ1) is 26.5. The molecule has 0 saturated carbocycles. The van der Waals surface area contributed by atoms with Crippen molar-refractivity contribution in [2.24, 2.45) is 0 Å². The van der Waals surface area contributed by atoms with Gasteiger partial charge in [0, 0.05) is 17.2 Å². The number of allylic oxidation sites excluding steroid dienone is 2. The normalized spacial score (nSPS) is 34.9. The van der Waals surface area contributed by atoms with Crippen molar-refractivity contribution >= 4 is 11.0 Å². The molecular weight excluding hydrogens is 748 g/mol. The predicted octanol–water partition coefficient (Wildman–Crippen LogP) is -1.77. The standard InChI is InChI=1S/C37H46O19/c1-13(2)4-9-17-20(52-36-29(48)27(46)25(44)21(11-38)53-36)10-18(40)22-26(45)34(31(54-32(17)22)15-5-7-16(39)8-6-15)56-37-30(49)33(23(42)14(3)51-37)55-35-28(47)24(43)19(41)12-50-35/h4-8,10,14,19,21,23-25,27-30,33,35-44,46-49H,9,11-12H2,1-3H3/t14-,19+,21+,23-,24-,25+,27-,28+,29+,30+,33+,35-,36+,37-/m0/s1. The number of aliphatic hydroxyl groups excluding tert-OH is 9. The van der Waals surface area contributed by atoms with Crippen molar-refractivity contribution in [3.8, 4) is 34.3 Å². The summed E-state index contributed by atoms with van der Waals surface area (Å²) in [4.78, 5) is 14.5. The molecule has 0 radical (unpaired) electrons. The molecular formula is C37H46O19. The lowest BCUT2D eigenvalue weighted by Gasteiger charge is -2.44. The van der Waals surface area contributed by atoms with E-state index in [4.69, 9.17) is 32.8 Å². The SMILES string of the molecule is CC(C)=CCc1c(O[C@@H]2O[C@H](CO)[C@@H](O)[C@H](O)[C@H]2O)cc(O)c2c(=O)c(O[C@@H]3O[C@@H](C)[C@H](O)[C@@H](O[C@@H]4OC[C@@H](O)[C@H](O)[C@H]4O)[C@H]3O)c(-c3ccc(O)cc3)oc12. The summed E-state index contributed by atoms with van der Waals surface area (Å²) in [6.45, 7) is 3.82. The second-order valence-electron chi connectivity index (χ2n) is 14.2. The van der Waals surface area contributed by atoms with Gasteiger partial charge >= 0.3 is 0 Å². The first-order valence-corrected chi connectivity index (χ1v) is 17.8. The summed E-state index contributed by atoms with van der Waals surface area (Å²) in [7, 11) is 0. The van der Waals surface area contributed by atoms with E-state index in [9.17, 15) is 61.0 Å². The number of ether oxygens (including phenoxy) is 6. The van der Waals surface area contributed by atoms with Crippen molar-refractivity contribution < 1.29 is 89.0 Å².